The summed E-state index contributed by atoms with van der Waals surface area (Å²) >= 11 is 0. The standard InChI is InChI=1S/C19H24N2O4S/c1-20-15-11-13-21(14-12-15)26(22,23)19-9-7-18(8-10-19)25-17-5-3-16(24-2)4-6-17/h3-10,15,20H,11-14H2,1-2H3. The second-order valence-corrected chi connectivity index (χ2v) is 8.15. The Bertz CT molecular complexity index is 812. The molecule has 0 bridgehead atoms. The third-order valence-electron chi connectivity index (χ3n) is 4.62. The minimum atomic E-state index is -3.46. The maximum absolute atomic E-state index is 12.8. The van der Waals surface area contributed by atoms with Crippen LogP contribution in [-0.4, -0.2) is 46.0 Å². The van der Waals surface area contributed by atoms with E-state index in [1.807, 2.05) is 19.2 Å². The van der Waals surface area contributed by atoms with Crippen LogP contribution >= 0.6 is 0 Å². The molecule has 1 aliphatic heterocycles. The second kappa shape index (κ2) is 8.07. The zero-order valence-electron chi connectivity index (χ0n) is 15.0. The van der Waals surface area contributed by atoms with Crippen molar-refractivity contribution < 1.29 is 17.9 Å². The molecule has 0 aromatic heterocycles. The Morgan fingerprint density at radius 1 is 0.923 bits per heavy atom. The van der Waals surface area contributed by atoms with Crippen molar-refractivity contribution in [1.29, 1.82) is 0 Å². The molecule has 1 saturated heterocycles. The summed E-state index contributed by atoms with van der Waals surface area (Å²) < 4.78 is 38.0. The molecule has 6 nitrogen and oxygen atoms in total. The summed E-state index contributed by atoms with van der Waals surface area (Å²) in [4.78, 5) is 0.294. The molecule has 3 rings (SSSR count). The number of methoxy groups -OCH3 is 1. The van der Waals surface area contributed by atoms with Crippen molar-refractivity contribution in [1.82, 2.24) is 9.62 Å². The zero-order chi connectivity index (χ0) is 18.6. The number of nitrogens with one attached hydrogen (secondary N) is 1. The summed E-state index contributed by atoms with van der Waals surface area (Å²) in [5.74, 6) is 2.00. The van der Waals surface area contributed by atoms with E-state index in [2.05, 4.69) is 5.32 Å². The summed E-state index contributed by atoms with van der Waals surface area (Å²) in [6, 6.07) is 14.2. The summed E-state index contributed by atoms with van der Waals surface area (Å²) in [7, 11) is 0.0616. The molecule has 0 spiro atoms. The summed E-state index contributed by atoms with van der Waals surface area (Å²) in [6.07, 6.45) is 1.66. The van der Waals surface area contributed by atoms with Gasteiger partial charge in [0.1, 0.15) is 17.2 Å². The Labute approximate surface area is 154 Å². The molecule has 140 valence electrons. The first-order valence-corrected chi connectivity index (χ1v) is 10.1. The van der Waals surface area contributed by atoms with Gasteiger partial charge >= 0.3 is 0 Å². The summed E-state index contributed by atoms with van der Waals surface area (Å²) in [5.41, 5.74) is 0. The van der Waals surface area contributed by atoms with Gasteiger partial charge in [0.2, 0.25) is 10.0 Å². The van der Waals surface area contributed by atoms with Crippen LogP contribution in [0.25, 0.3) is 0 Å². The molecule has 0 aliphatic carbocycles. The van der Waals surface area contributed by atoms with Crippen LogP contribution < -0.4 is 14.8 Å². The smallest absolute Gasteiger partial charge is 0.243 e. The SMILES string of the molecule is CNC1CCN(S(=O)(=O)c2ccc(Oc3ccc(OC)cc3)cc2)CC1. The first kappa shape index (κ1) is 18.7. The minimum absolute atomic E-state index is 0.294. The van der Waals surface area contributed by atoms with Crippen molar-refractivity contribution in [3.05, 3.63) is 48.5 Å². The van der Waals surface area contributed by atoms with Crippen molar-refractivity contribution >= 4 is 10.0 Å². The monoisotopic (exact) mass is 376 g/mol. The lowest BCUT2D eigenvalue weighted by molar-refractivity contribution is 0.298. The van der Waals surface area contributed by atoms with Crippen molar-refractivity contribution in [3.63, 3.8) is 0 Å². The molecule has 0 unspecified atom stereocenters. The second-order valence-electron chi connectivity index (χ2n) is 6.22. The van der Waals surface area contributed by atoms with Gasteiger partial charge in [-0.2, -0.15) is 4.31 Å². The van der Waals surface area contributed by atoms with Crippen LogP contribution in [0.4, 0.5) is 0 Å². The first-order valence-electron chi connectivity index (χ1n) is 8.62. The maximum Gasteiger partial charge on any atom is 0.243 e. The molecule has 2 aromatic rings. The highest BCUT2D eigenvalue weighted by Crippen LogP contribution is 2.26. The van der Waals surface area contributed by atoms with Gasteiger partial charge in [0.15, 0.2) is 0 Å². The molecule has 1 fully saturated rings. The number of ether oxygens (including phenoxy) is 2. The van der Waals surface area contributed by atoms with E-state index in [-0.39, 0.29) is 0 Å². The first-order chi connectivity index (χ1) is 12.5. The number of hydrogen-bond acceptors (Lipinski definition) is 5. The molecule has 2 aromatic carbocycles. The fourth-order valence-corrected chi connectivity index (χ4v) is 4.46. The van der Waals surface area contributed by atoms with Crippen molar-refractivity contribution in [2.45, 2.75) is 23.8 Å². The van der Waals surface area contributed by atoms with E-state index >= 15 is 0 Å². The zero-order valence-corrected chi connectivity index (χ0v) is 15.8. The molecule has 0 radical (unpaired) electrons. The Hall–Kier alpha value is -2.09. The quantitative estimate of drug-likeness (QED) is 0.840. The molecule has 1 heterocycles. The third kappa shape index (κ3) is 4.17. The number of hydrogen-bond donors (Lipinski definition) is 1. The van der Waals surface area contributed by atoms with Crippen LogP contribution in [0.5, 0.6) is 17.2 Å². The van der Waals surface area contributed by atoms with Crippen molar-refractivity contribution in [2.24, 2.45) is 0 Å². The van der Waals surface area contributed by atoms with Gasteiger partial charge in [-0.15, -0.1) is 0 Å². The minimum Gasteiger partial charge on any atom is -0.497 e. The van der Waals surface area contributed by atoms with Gasteiger partial charge in [0.25, 0.3) is 0 Å². The average molecular weight is 376 g/mol. The molecular formula is C19H24N2O4S. The molecule has 0 saturated carbocycles. The summed E-state index contributed by atoms with van der Waals surface area (Å²) in [6.45, 7) is 1.08. The van der Waals surface area contributed by atoms with Crippen LogP contribution in [-0.2, 0) is 10.0 Å². The van der Waals surface area contributed by atoms with Crippen LogP contribution in [0.1, 0.15) is 12.8 Å². The molecular weight excluding hydrogens is 352 g/mol. The van der Waals surface area contributed by atoms with Crippen molar-refractivity contribution in [3.8, 4) is 17.2 Å². The number of benzene rings is 2. The van der Waals surface area contributed by atoms with E-state index in [4.69, 9.17) is 9.47 Å². The van der Waals surface area contributed by atoms with Gasteiger partial charge in [-0.1, -0.05) is 0 Å². The Morgan fingerprint density at radius 2 is 1.42 bits per heavy atom. The van der Waals surface area contributed by atoms with Crippen LogP contribution in [0.2, 0.25) is 0 Å². The fraction of sp³-hybridized carbons (Fsp3) is 0.368. The predicted molar refractivity (Wildman–Crippen MR) is 100 cm³/mol. The van der Waals surface area contributed by atoms with Crippen molar-refractivity contribution in [2.75, 3.05) is 27.2 Å². The molecule has 1 aliphatic rings. The highest BCUT2D eigenvalue weighted by molar-refractivity contribution is 7.89. The normalized spacial score (nSPS) is 16.4. The molecule has 26 heavy (non-hydrogen) atoms. The summed E-state index contributed by atoms with van der Waals surface area (Å²) in [5, 5.41) is 3.21. The largest absolute Gasteiger partial charge is 0.497 e. The van der Waals surface area contributed by atoms with E-state index in [1.165, 1.54) is 0 Å². The number of piperidine rings is 1. The number of nitrogens with zero attached hydrogens (tertiary/aromatic N) is 1. The number of rotatable bonds is 6. The highest BCUT2D eigenvalue weighted by Gasteiger charge is 2.28. The van der Waals surface area contributed by atoms with Gasteiger partial charge < -0.3 is 14.8 Å². The molecule has 1 N–H and O–H groups in total. The average Bonchev–Trinajstić information content (AvgIpc) is 2.69. The maximum atomic E-state index is 12.8. The van der Waals surface area contributed by atoms with E-state index in [0.717, 1.165) is 18.6 Å². The Morgan fingerprint density at radius 3 is 1.92 bits per heavy atom. The van der Waals surface area contributed by atoms with Gasteiger partial charge in [-0.05, 0) is 68.4 Å². The molecule has 0 atom stereocenters. The van der Waals surface area contributed by atoms with E-state index in [9.17, 15) is 8.42 Å². The third-order valence-corrected chi connectivity index (χ3v) is 6.53. The lowest BCUT2D eigenvalue weighted by Crippen LogP contribution is -2.43. The van der Waals surface area contributed by atoms with E-state index in [0.29, 0.717) is 35.5 Å². The van der Waals surface area contributed by atoms with Gasteiger partial charge in [-0.3, -0.25) is 0 Å². The van der Waals surface area contributed by atoms with Gasteiger partial charge in [-0.25, -0.2) is 8.42 Å². The fourth-order valence-electron chi connectivity index (χ4n) is 2.99. The van der Waals surface area contributed by atoms with E-state index < -0.39 is 10.0 Å². The van der Waals surface area contributed by atoms with E-state index in [1.54, 1.807) is 47.8 Å². The van der Waals surface area contributed by atoms with Gasteiger partial charge in [0, 0.05) is 19.1 Å². The van der Waals surface area contributed by atoms with Crippen LogP contribution in [0.3, 0.4) is 0 Å². The number of sulfonamides is 1. The van der Waals surface area contributed by atoms with Gasteiger partial charge in [0.05, 0.1) is 12.0 Å². The lowest BCUT2D eigenvalue weighted by Gasteiger charge is -2.31. The highest BCUT2D eigenvalue weighted by atomic mass is 32.2. The lowest BCUT2D eigenvalue weighted by atomic mass is 10.1. The predicted octanol–water partition coefficient (Wildman–Crippen LogP) is 2.86. The Kier molecular flexibility index (Phi) is 5.80. The Balaban J connectivity index is 1.68. The van der Waals surface area contributed by atoms with Crippen LogP contribution in [0.15, 0.2) is 53.4 Å². The molecule has 7 heteroatoms. The molecule has 0 amide bonds. The van der Waals surface area contributed by atoms with Crippen LogP contribution in [0, 0.1) is 0 Å². The topological polar surface area (TPSA) is 67.9 Å².